The Bertz CT molecular complexity index is 849. The van der Waals surface area contributed by atoms with Gasteiger partial charge in [0, 0.05) is 21.7 Å². The van der Waals surface area contributed by atoms with E-state index in [-0.39, 0.29) is 11.3 Å². The molecule has 1 heterocycles. The van der Waals surface area contributed by atoms with Gasteiger partial charge in [0.2, 0.25) is 0 Å². The highest BCUT2D eigenvalue weighted by molar-refractivity contribution is 14.1. The lowest BCUT2D eigenvalue weighted by atomic mass is 10.1. The molecule has 2 aromatic carbocycles. The van der Waals surface area contributed by atoms with Gasteiger partial charge in [-0.3, -0.25) is 0 Å². The zero-order valence-corrected chi connectivity index (χ0v) is 13.9. The fourth-order valence-electron chi connectivity index (χ4n) is 2.13. The largest absolute Gasteiger partial charge is 0.478 e. The Balaban J connectivity index is 2.07. The number of hydrogen-bond donors (Lipinski definition) is 2. The molecule has 3 aromatic rings. The van der Waals surface area contributed by atoms with Crippen LogP contribution in [0.1, 0.15) is 10.4 Å². The number of benzene rings is 2. The zero-order valence-electron chi connectivity index (χ0n) is 11.7. The Morgan fingerprint density at radius 3 is 2.61 bits per heavy atom. The van der Waals surface area contributed by atoms with Gasteiger partial charge in [0.15, 0.2) is 0 Å². The lowest BCUT2D eigenvalue weighted by molar-refractivity contribution is 0.0697. The van der Waals surface area contributed by atoms with Crippen molar-refractivity contribution in [2.24, 2.45) is 0 Å². The highest BCUT2D eigenvalue weighted by atomic mass is 127. The molecule has 0 atom stereocenters. The summed E-state index contributed by atoms with van der Waals surface area (Å²) in [6.07, 6.45) is 4.57. The van der Waals surface area contributed by atoms with E-state index in [0.29, 0.717) is 5.69 Å². The summed E-state index contributed by atoms with van der Waals surface area (Å²) < 4.78 is 16.8. The molecule has 116 valence electrons. The monoisotopic (exact) mass is 423 g/mol. The normalized spacial score (nSPS) is 10.5. The molecule has 3 rings (SSSR count). The summed E-state index contributed by atoms with van der Waals surface area (Å²) in [7, 11) is 0. The maximum absolute atomic E-state index is 14.2. The van der Waals surface area contributed by atoms with E-state index >= 15 is 0 Å². The van der Waals surface area contributed by atoms with Crippen LogP contribution in [0.4, 0.5) is 15.8 Å². The number of carboxylic acids is 1. The molecule has 5 nitrogen and oxygen atoms in total. The Hall–Kier alpha value is -2.42. The first-order valence-electron chi connectivity index (χ1n) is 6.62. The van der Waals surface area contributed by atoms with Crippen LogP contribution in [0.3, 0.4) is 0 Å². The van der Waals surface area contributed by atoms with Crippen LogP contribution in [0, 0.1) is 9.39 Å². The van der Waals surface area contributed by atoms with Gasteiger partial charge in [0.05, 0.1) is 23.3 Å². The minimum atomic E-state index is -1.20. The van der Waals surface area contributed by atoms with Gasteiger partial charge in [-0.1, -0.05) is 0 Å². The van der Waals surface area contributed by atoms with Gasteiger partial charge in [-0.25, -0.2) is 14.2 Å². The zero-order chi connectivity index (χ0) is 16.4. The van der Waals surface area contributed by atoms with Crippen LogP contribution in [0.5, 0.6) is 0 Å². The van der Waals surface area contributed by atoms with E-state index in [1.54, 1.807) is 6.20 Å². The molecule has 2 N–H and O–H groups in total. The molecule has 0 fully saturated rings. The highest BCUT2D eigenvalue weighted by Crippen LogP contribution is 2.27. The van der Waals surface area contributed by atoms with Crippen molar-refractivity contribution in [2.45, 2.75) is 0 Å². The quantitative estimate of drug-likeness (QED) is 0.622. The van der Waals surface area contributed by atoms with Crippen LogP contribution >= 0.6 is 22.6 Å². The molecular formula is C16H11FIN3O2. The van der Waals surface area contributed by atoms with Gasteiger partial charge in [0.25, 0.3) is 0 Å². The number of halogens is 2. The smallest absolute Gasteiger partial charge is 0.337 e. The molecule has 0 saturated carbocycles. The predicted octanol–water partition coefficient (Wildman–Crippen LogP) is 4.06. The van der Waals surface area contributed by atoms with Gasteiger partial charge >= 0.3 is 5.97 Å². The van der Waals surface area contributed by atoms with Crippen LogP contribution in [0.25, 0.3) is 5.69 Å². The third kappa shape index (κ3) is 3.34. The Morgan fingerprint density at radius 1 is 1.26 bits per heavy atom. The van der Waals surface area contributed by atoms with Gasteiger partial charge in [-0.2, -0.15) is 0 Å². The SMILES string of the molecule is O=C(O)c1cc(F)c(-n2ccnc2)cc1Nc1ccc(I)cc1. The van der Waals surface area contributed by atoms with Crippen molar-refractivity contribution in [3.8, 4) is 5.69 Å². The molecule has 1 aromatic heterocycles. The molecule has 0 amide bonds. The van der Waals surface area contributed by atoms with E-state index in [0.717, 1.165) is 15.3 Å². The van der Waals surface area contributed by atoms with E-state index in [1.807, 2.05) is 24.3 Å². The second-order valence-corrected chi connectivity index (χ2v) is 6.00. The summed E-state index contributed by atoms with van der Waals surface area (Å²) in [6, 6.07) is 9.90. The van der Waals surface area contributed by atoms with E-state index in [2.05, 4.69) is 32.9 Å². The van der Waals surface area contributed by atoms with E-state index in [4.69, 9.17) is 0 Å². The Labute approximate surface area is 144 Å². The number of imidazole rings is 1. The maximum Gasteiger partial charge on any atom is 0.337 e. The molecule has 0 spiro atoms. The fourth-order valence-corrected chi connectivity index (χ4v) is 2.49. The van der Waals surface area contributed by atoms with Gasteiger partial charge < -0.3 is 15.0 Å². The second kappa shape index (κ2) is 6.37. The summed E-state index contributed by atoms with van der Waals surface area (Å²) in [5.41, 5.74) is 1.12. The molecule has 0 bridgehead atoms. The van der Waals surface area contributed by atoms with Gasteiger partial charge in [-0.05, 0) is 59.0 Å². The third-order valence-electron chi connectivity index (χ3n) is 3.22. The number of aromatic carboxylic acids is 1. The summed E-state index contributed by atoms with van der Waals surface area (Å²) >= 11 is 2.18. The number of rotatable bonds is 4. The van der Waals surface area contributed by atoms with E-state index in [9.17, 15) is 14.3 Å². The topological polar surface area (TPSA) is 67.1 Å². The Morgan fingerprint density at radius 2 is 2.00 bits per heavy atom. The first kappa shape index (κ1) is 15.5. The van der Waals surface area contributed by atoms with Crippen LogP contribution in [-0.4, -0.2) is 20.6 Å². The van der Waals surface area contributed by atoms with Crippen molar-refractivity contribution >= 4 is 39.9 Å². The van der Waals surface area contributed by atoms with Gasteiger partial charge in [-0.15, -0.1) is 0 Å². The molecule has 0 unspecified atom stereocenters. The van der Waals surface area contributed by atoms with Crippen molar-refractivity contribution in [3.63, 3.8) is 0 Å². The minimum absolute atomic E-state index is 0.134. The molecule has 0 aliphatic heterocycles. The van der Waals surface area contributed by atoms with Crippen LogP contribution in [0.15, 0.2) is 55.1 Å². The number of carboxylic acid groups (broad SMARTS) is 1. The molecular weight excluding hydrogens is 412 g/mol. The molecule has 7 heteroatoms. The fraction of sp³-hybridized carbons (Fsp3) is 0. The molecule has 0 aliphatic rings. The lowest BCUT2D eigenvalue weighted by Gasteiger charge is -2.13. The average Bonchev–Trinajstić information content (AvgIpc) is 3.05. The van der Waals surface area contributed by atoms with E-state index < -0.39 is 11.8 Å². The maximum atomic E-state index is 14.2. The summed E-state index contributed by atoms with van der Waals surface area (Å²) in [6.45, 7) is 0. The van der Waals surface area contributed by atoms with Crippen molar-refractivity contribution in [1.82, 2.24) is 9.55 Å². The minimum Gasteiger partial charge on any atom is -0.478 e. The lowest BCUT2D eigenvalue weighted by Crippen LogP contribution is -2.06. The average molecular weight is 423 g/mol. The third-order valence-corrected chi connectivity index (χ3v) is 3.94. The van der Waals surface area contributed by atoms with Crippen molar-refractivity contribution in [1.29, 1.82) is 0 Å². The van der Waals surface area contributed by atoms with E-state index in [1.165, 1.54) is 23.2 Å². The summed E-state index contributed by atoms with van der Waals surface area (Å²) in [5.74, 6) is -1.83. The standard InChI is InChI=1S/C16H11FIN3O2/c17-13-7-12(16(22)23)14(8-15(13)21-6-5-19-9-21)20-11-3-1-10(18)2-4-11/h1-9,20H,(H,22,23). The summed E-state index contributed by atoms with van der Waals surface area (Å²) in [4.78, 5) is 15.3. The number of nitrogens with one attached hydrogen (secondary N) is 1. The first-order chi connectivity index (χ1) is 11.0. The van der Waals surface area contributed by atoms with Crippen molar-refractivity contribution in [3.05, 3.63) is 70.1 Å². The predicted molar refractivity (Wildman–Crippen MR) is 92.9 cm³/mol. The molecule has 0 radical (unpaired) electrons. The number of nitrogens with zero attached hydrogens (tertiary/aromatic N) is 2. The number of carbonyl (C=O) groups is 1. The van der Waals surface area contributed by atoms with Crippen LogP contribution in [-0.2, 0) is 0 Å². The number of anilines is 2. The molecule has 0 saturated heterocycles. The first-order valence-corrected chi connectivity index (χ1v) is 7.70. The van der Waals surface area contributed by atoms with Crippen molar-refractivity contribution in [2.75, 3.05) is 5.32 Å². The van der Waals surface area contributed by atoms with Crippen LogP contribution in [0.2, 0.25) is 0 Å². The highest BCUT2D eigenvalue weighted by Gasteiger charge is 2.16. The molecule has 23 heavy (non-hydrogen) atoms. The number of hydrogen-bond acceptors (Lipinski definition) is 3. The van der Waals surface area contributed by atoms with Crippen molar-refractivity contribution < 1.29 is 14.3 Å². The summed E-state index contributed by atoms with van der Waals surface area (Å²) in [5, 5.41) is 12.3. The number of aromatic nitrogens is 2. The Kier molecular flexibility index (Phi) is 4.28. The second-order valence-electron chi connectivity index (χ2n) is 4.76. The van der Waals surface area contributed by atoms with Gasteiger partial charge in [0.1, 0.15) is 5.82 Å². The molecule has 0 aliphatic carbocycles. The van der Waals surface area contributed by atoms with Crippen LogP contribution < -0.4 is 5.32 Å².